The molecule has 0 amide bonds. The highest BCUT2D eigenvalue weighted by Crippen LogP contribution is 2.47. The van der Waals surface area contributed by atoms with Crippen LogP contribution in [0, 0.1) is 0 Å². The zero-order chi connectivity index (χ0) is 52.5. The Morgan fingerprint density at radius 3 is 1.59 bits per heavy atom. The van der Waals surface area contributed by atoms with E-state index in [4.69, 9.17) is 9.72 Å². The number of fused-ring (bicyclic) bond motifs is 3. The van der Waals surface area contributed by atoms with Crippen molar-refractivity contribution >= 4 is 33.2 Å². The quantitative estimate of drug-likeness (QED) is 0.129. The lowest BCUT2D eigenvalue weighted by Crippen LogP contribution is -2.26. The molecule has 0 radical (unpaired) electrons. The Balaban J connectivity index is 1.21. The molecule has 2 aromatic heterocycles. The highest BCUT2D eigenvalue weighted by Gasteiger charge is 2.31. The van der Waals surface area contributed by atoms with E-state index in [-0.39, 0.29) is 21.7 Å². The molecule has 0 fully saturated rings. The zero-order valence-electron chi connectivity index (χ0n) is 47.0. The fourth-order valence-electron chi connectivity index (χ4n) is 10.6. The smallest absolute Gasteiger partial charge is 0.138 e. The molecule has 378 valence electrons. The lowest BCUT2D eigenvalue weighted by atomic mass is 9.76. The average molecular weight is 969 g/mol. The summed E-state index contributed by atoms with van der Waals surface area (Å²) in [6, 6.07) is 47.6. The second kappa shape index (κ2) is 19.0. The van der Waals surface area contributed by atoms with E-state index in [1.165, 1.54) is 72.1 Å². The van der Waals surface area contributed by atoms with Gasteiger partial charge >= 0.3 is 0 Å². The molecule has 0 unspecified atom stereocenters. The standard InChI is InChI=1S/C68H80N4O/c1-43(2)47-31-57(44(3)4)63(58(32-47)45(5)6)46-27-28-69-62(33-46)72-60-26-22-21-25-56(60)64-59(68(16,17)48-23-19-18-20-24-48)40-55(41-61(64)72)73-54-38-51(67(13,14)15)37-53(39-54)71-30-29-70(42-71)52-35-49(65(7,8)9)34-50(36-52)66(10,11)12/h18-41,43-45H,42H2,1-17H3. The topological polar surface area (TPSA) is 33.5 Å². The molecular weight excluding hydrogens is 889 g/mol. The van der Waals surface area contributed by atoms with Gasteiger partial charge in [-0.1, -0.05) is 184 Å². The van der Waals surface area contributed by atoms with Crippen molar-refractivity contribution in [2.45, 2.75) is 157 Å². The molecule has 3 heterocycles. The van der Waals surface area contributed by atoms with Gasteiger partial charge in [-0.25, -0.2) is 4.98 Å². The van der Waals surface area contributed by atoms with Gasteiger partial charge in [0.1, 0.15) is 17.3 Å². The molecule has 1 aliphatic rings. The minimum atomic E-state index is -0.390. The summed E-state index contributed by atoms with van der Waals surface area (Å²) in [6.45, 7) is 40.0. The molecule has 5 heteroatoms. The van der Waals surface area contributed by atoms with Crippen LogP contribution in [-0.2, 0) is 21.7 Å². The summed E-state index contributed by atoms with van der Waals surface area (Å²) in [7, 11) is 0. The molecule has 9 rings (SSSR count). The molecule has 73 heavy (non-hydrogen) atoms. The Morgan fingerprint density at radius 2 is 1.03 bits per heavy atom. The molecule has 0 saturated heterocycles. The minimum absolute atomic E-state index is 0.0235. The fraction of sp³-hybridized carbons (Fsp3) is 0.368. The Labute approximate surface area is 438 Å². The molecule has 0 N–H and O–H groups in total. The third-order valence-corrected chi connectivity index (χ3v) is 15.3. The average Bonchev–Trinajstić information content (AvgIpc) is 3.96. The van der Waals surface area contributed by atoms with Gasteiger partial charge in [0.15, 0.2) is 0 Å². The maximum atomic E-state index is 7.31. The van der Waals surface area contributed by atoms with E-state index in [9.17, 15) is 0 Å². The molecule has 8 aromatic rings. The first-order valence-corrected chi connectivity index (χ1v) is 26.8. The van der Waals surface area contributed by atoms with E-state index in [1.54, 1.807) is 0 Å². The predicted octanol–water partition coefficient (Wildman–Crippen LogP) is 19.0. The Bertz CT molecular complexity index is 3300. The SMILES string of the molecule is CC(C)c1cc(C(C)C)c(-c2ccnc(-n3c4ccccc4c4c(C(C)(C)c5ccccc5)cc(Oc5cc(N6C=CN(c7cc(C(C)(C)C)cc(C(C)(C)C)c7)C6)cc(C(C)(C)C)c5)cc43)c2)c(C(C)C)c1. The van der Waals surface area contributed by atoms with Gasteiger partial charge in [0.25, 0.3) is 0 Å². The second-order valence-electron chi connectivity index (χ2n) is 25.4. The molecule has 0 atom stereocenters. The number of benzene rings is 6. The van der Waals surface area contributed by atoms with E-state index in [2.05, 4.69) is 272 Å². The number of pyridine rings is 1. The van der Waals surface area contributed by atoms with Gasteiger partial charge in [0.05, 0.1) is 17.7 Å². The summed E-state index contributed by atoms with van der Waals surface area (Å²) in [5, 5.41) is 2.39. The van der Waals surface area contributed by atoms with Crippen LogP contribution in [0.15, 0.2) is 146 Å². The van der Waals surface area contributed by atoms with Crippen molar-refractivity contribution in [2.75, 3.05) is 16.5 Å². The predicted molar refractivity (Wildman–Crippen MR) is 313 cm³/mol. The number of rotatable bonds is 11. The van der Waals surface area contributed by atoms with Crippen LogP contribution in [0.2, 0.25) is 0 Å². The summed E-state index contributed by atoms with van der Waals surface area (Å²) in [6.07, 6.45) is 6.44. The van der Waals surface area contributed by atoms with Crippen LogP contribution >= 0.6 is 0 Å². The van der Waals surface area contributed by atoms with Crippen molar-refractivity contribution < 1.29 is 4.74 Å². The molecule has 0 bridgehead atoms. The summed E-state index contributed by atoms with van der Waals surface area (Å²) in [4.78, 5) is 9.94. The number of ether oxygens (including phenoxy) is 1. The van der Waals surface area contributed by atoms with Gasteiger partial charge in [0.2, 0.25) is 0 Å². The van der Waals surface area contributed by atoms with Crippen molar-refractivity contribution in [3.8, 4) is 28.4 Å². The van der Waals surface area contributed by atoms with Crippen molar-refractivity contribution in [3.05, 3.63) is 190 Å². The van der Waals surface area contributed by atoms with Gasteiger partial charge in [-0.15, -0.1) is 0 Å². The van der Waals surface area contributed by atoms with Crippen LogP contribution in [0.3, 0.4) is 0 Å². The van der Waals surface area contributed by atoms with Crippen molar-refractivity contribution in [3.63, 3.8) is 0 Å². The van der Waals surface area contributed by atoms with Crippen LogP contribution in [0.4, 0.5) is 11.4 Å². The largest absolute Gasteiger partial charge is 0.457 e. The first-order chi connectivity index (χ1) is 34.3. The molecular formula is C68H80N4O. The molecule has 5 nitrogen and oxygen atoms in total. The lowest BCUT2D eigenvalue weighted by molar-refractivity contribution is 0.477. The van der Waals surface area contributed by atoms with Gasteiger partial charge in [-0.2, -0.15) is 0 Å². The third kappa shape index (κ3) is 10.1. The van der Waals surface area contributed by atoms with Crippen LogP contribution < -0.4 is 14.5 Å². The zero-order valence-corrected chi connectivity index (χ0v) is 47.0. The first-order valence-electron chi connectivity index (χ1n) is 26.8. The summed E-state index contributed by atoms with van der Waals surface area (Å²) >= 11 is 0. The van der Waals surface area contributed by atoms with Crippen molar-refractivity contribution in [1.82, 2.24) is 9.55 Å². The van der Waals surface area contributed by atoms with Crippen LogP contribution in [0.1, 0.15) is 180 Å². The Kier molecular flexibility index (Phi) is 13.4. The molecule has 0 spiro atoms. The van der Waals surface area contributed by atoms with Gasteiger partial charge < -0.3 is 14.5 Å². The summed E-state index contributed by atoms with van der Waals surface area (Å²) < 4.78 is 9.68. The third-order valence-electron chi connectivity index (χ3n) is 15.3. The van der Waals surface area contributed by atoms with Gasteiger partial charge in [-0.3, -0.25) is 4.57 Å². The van der Waals surface area contributed by atoms with Gasteiger partial charge in [-0.05, 0) is 138 Å². The van der Waals surface area contributed by atoms with Crippen molar-refractivity contribution in [2.24, 2.45) is 0 Å². The van der Waals surface area contributed by atoms with Crippen LogP contribution in [-0.4, -0.2) is 16.2 Å². The Hall–Kier alpha value is -6.59. The maximum absolute atomic E-state index is 7.31. The lowest BCUT2D eigenvalue weighted by Gasteiger charge is -2.29. The highest BCUT2D eigenvalue weighted by molar-refractivity contribution is 6.12. The highest BCUT2D eigenvalue weighted by atomic mass is 16.5. The van der Waals surface area contributed by atoms with E-state index in [0.717, 1.165) is 34.0 Å². The number of aromatic nitrogens is 2. The van der Waals surface area contributed by atoms with Crippen LogP contribution in [0.5, 0.6) is 11.5 Å². The van der Waals surface area contributed by atoms with E-state index >= 15 is 0 Å². The number of anilines is 2. The number of nitrogens with zero attached hydrogens (tertiary/aromatic N) is 4. The van der Waals surface area contributed by atoms with Crippen molar-refractivity contribution in [1.29, 1.82) is 0 Å². The maximum Gasteiger partial charge on any atom is 0.138 e. The number of hydrogen-bond acceptors (Lipinski definition) is 4. The summed E-state index contributed by atoms with van der Waals surface area (Å²) in [5.74, 6) is 3.61. The van der Waals surface area contributed by atoms with E-state index in [0.29, 0.717) is 24.4 Å². The number of hydrogen-bond donors (Lipinski definition) is 0. The normalized spacial score (nSPS) is 13.8. The Morgan fingerprint density at radius 1 is 0.493 bits per heavy atom. The van der Waals surface area contributed by atoms with E-state index in [1.807, 2.05) is 6.20 Å². The van der Waals surface area contributed by atoms with Crippen LogP contribution in [0.25, 0.3) is 38.8 Å². The fourth-order valence-corrected chi connectivity index (χ4v) is 10.6. The first kappa shape index (κ1) is 51.3. The van der Waals surface area contributed by atoms with Gasteiger partial charge in [0, 0.05) is 58.3 Å². The monoisotopic (exact) mass is 969 g/mol. The summed E-state index contributed by atoms with van der Waals surface area (Å²) in [5.41, 5.74) is 17.0. The number of para-hydroxylation sites is 1. The molecule has 0 saturated carbocycles. The van der Waals surface area contributed by atoms with E-state index < -0.39 is 0 Å². The molecule has 1 aliphatic heterocycles. The second-order valence-corrected chi connectivity index (χ2v) is 25.4. The molecule has 6 aromatic carbocycles. The molecule has 0 aliphatic carbocycles. The minimum Gasteiger partial charge on any atom is -0.457 e.